The Morgan fingerprint density at radius 1 is 1.56 bits per heavy atom. The molecule has 0 aromatic carbocycles. The minimum atomic E-state index is -0.433. The molecule has 16 heavy (non-hydrogen) atoms. The molecular formula is C10H21N5O. The maximum absolute atomic E-state index is 11.1. The van der Waals surface area contributed by atoms with E-state index in [-0.39, 0.29) is 6.04 Å². The van der Waals surface area contributed by atoms with Crippen molar-refractivity contribution in [2.75, 3.05) is 20.1 Å². The average Bonchev–Trinajstić information content (AvgIpc) is 2.31. The zero-order valence-corrected chi connectivity index (χ0v) is 9.72. The van der Waals surface area contributed by atoms with Crippen LogP contribution >= 0.6 is 0 Å². The smallest absolute Gasteiger partial charge is 0.224 e. The summed E-state index contributed by atoms with van der Waals surface area (Å²) in [4.78, 5) is 11.1. The van der Waals surface area contributed by atoms with Gasteiger partial charge in [0.25, 0.3) is 0 Å². The van der Waals surface area contributed by atoms with Crippen LogP contribution in [0.3, 0.4) is 0 Å². The lowest BCUT2D eigenvalue weighted by Gasteiger charge is -2.40. The van der Waals surface area contributed by atoms with E-state index in [1.807, 2.05) is 0 Å². The Balaban J connectivity index is 2.56. The molecule has 6 heteroatoms. The quantitative estimate of drug-likeness (QED) is 0.309. The molecule has 1 atom stereocenters. The molecule has 0 spiro atoms. The highest BCUT2D eigenvalue weighted by atomic mass is 16.2. The van der Waals surface area contributed by atoms with Gasteiger partial charge >= 0.3 is 0 Å². The van der Waals surface area contributed by atoms with Crippen molar-refractivity contribution in [1.82, 2.24) is 20.7 Å². The molecule has 1 unspecified atom stereocenters. The highest BCUT2D eigenvalue weighted by Crippen LogP contribution is 2.12. The number of carbonyl (C=O) groups excluding carboxylic acids is 1. The fourth-order valence-corrected chi connectivity index (χ4v) is 1.86. The van der Waals surface area contributed by atoms with Crippen LogP contribution in [0.1, 0.15) is 12.8 Å². The van der Waals surface area contributed by atoms with Crippen molar-refractivity contribution in [3.63, 3.8) is 0 Å². The van der Waals surface area contributed by atoms with E-state index < -0.39 is 6.29 Å². The molecule has 1 aliphatic rings. The number of hydrazine groups is 1. The summed E-state index contributed by atoms with van der Waals surface area (Å²) in [5.41, 5.74) is 5.84. The van der Waals surface area contributed by atoms with Gasteiger partial charge in [0.1, 0.15) is 6.29 Å². The minimum absolute atomic E-state index is 0.224. The number of carbonyl (C=O) groups is 1. The number of nitrogens with zero attached hydrogens (tertiary/aromatic N) is 2. The molecule has 0 aromatic heterocycles. The van der Waals surface area contributed by atoms with Gasteiger partial charge in [-0.3, -0.25) is 15.5 Å². The fourth-order valence-electron chi connectivity index (χ4n) is 1.86. The molecule has 92 valence electrons. The van der Waals surface area contributed by atoms with E-state index >= 15 is 0 Å². The Kier molecular flexibility index (Phi) is 5.24. The summed E-state index contributed by atoms with van der Waals surface area (Å²) in [6, 6.07) is 0.224. The van der Waals surface area contributed by atoms with Crippen LogP contribution in [0.4, 0.5) is 0 Å². The standard InChI is InChI=1S/C10H21N5O/c1-3-13-10(11)14(2)15(8-16)9-4-6-12-7-5-9/h3,8-10,12-13H,1,4-7,11H2,2H3. The molecule has 0 bridgehead atoms. The van der Waals surface area contributed by atoms with Crippen molar-refractivity contribution in [2.24, 2.45) is 5.73 Å². The summed E-state index contributed by atoms with van der Waals surface area (Å²) in [7, 11) is 1.79. The molecule has 1 rings (SSSR count). The second-order valence-corrected chi connectivity index (χ2v) is 3.86. The summed E-state index contributed by atoms with van der Waals surface area (Å²) in [6.45, 7) is 5.42. The van der Waals surface area contributed by atoms with Crippen LogP contribution < -0.4 is 16.4 Å². The predicted molar refractivity (Wildman–Crippen MR) is 62.9 cm³/mol. The molecule has 1 heterocycles. The molecule has 0 radical (unpaired) electrons. The molecule has 0 aromatic rings. The third kappa shape index (κ3) is 3.19. The van der Waals surface area contributed by atoms with Crippen molar-refractivity contribution in [3.05, 3.63) is 12.8 Å². The number of hydrogen-bond acceptors (Lipinski definition) is 5. The van der Waals surface area contributed by atoms with Crippen molar-refractivity contribution < 1.29 is 4.79 Å². The summed E-state index contributed by atoms with van der Waals surface area (Å²) in [5.74, 6) is 0. The van der Waals surface area contributed by atoms with Gasteiger partial charge in [0, 0.05) is 7.05 Å². The summed E-state index contributed by atoms with van der Waals surface area (Å²) >= 11 is 0. The summed E-state index contributed by atoms with van der Waals surface area (Å²) < 4.78 is 0. The Bertz CT molecular complexity index is 229. The average molecular weight is 227 g/mol. The van der Waals surface area contributed by atoms with Gasteiger partial charge in [-0.1, -0.05) is 6.58 Å². The van der Waals surface area contributed by atoms with E-state index in [4.69, 9.17) is 5.73 Å². The first kappa shape index (κ1) is 13.0. The highest BCUT2D eigenvalue weighted by molar-refractivity contribution is 5.47. The van der Waals surface area contributed by atoms with Crippen LogP contribution in [-0.4, -0.2) is 48.9 Å². The van der Waals surface area contributed by atoms with Crippen LogP contribution in [0, 0.1) is 0 Å². The maximum Gasteiger partial charge on any atom is 0.224 e. The van der Waals surface area contributed by atoms with E-state index in [1.165, 1.54) is 6.20 Å². The van der Waals surface area contributed by atoms with Gasteiger partial charge in [-0.2, -0.15) is 5.01 Å². The lowest BCUT2D eigenvalue weighted by atomic mass is 10.1. The second kappa shape index (κ2) is 6.47. The van der Waals surface area contributed by atoms with Gasteiger partial charge in [-0.15, -0.1) is 0 Å². The van der Waals surface area contributed by atoms with E-state index in [1.54, 1.807) is 17.1 Å². The van der Waals surface area contributed by atoms with Crippen molar-refractivity contribution in [1.29, 1.82) is 0 Å². The number of piperidine rings is 1. The van der Waals surface area contributed by atoms with Gasteiger partial charge in [0.05, 0.1) is 6.04 Å². The third-order valence-electron chi connectivity index (χ3n) is 2.85. The van der Waals surface area contributed by atoms with Gasteiger partial charge < -0.3 is 10.6 Å². The number of rotatable bonds is 6. The normalized spacial score (nSPS) is 19.2. The van der Waals surface area contributed by atoms with Crippen molar-refractivity contribution in [3.8, 4) is 0 Å². The lowest BCUT2D eigenvalue weighted by Crippen LogP contribution is -2.59. The van der Waals surface area contributed by atoms with E-state index in [2.05, 4.69) is 17.2 Å². The van der Waals surface area contributed by atoms with Crippen LogP contribution in [0.5, 0.6) is 0 Å². The number of amides is 1. The summed E-state index contributed by atoms with van der Waals surface area (Å²) in [5, 5.41) is 9.47. The van der Waals surface area contributed by atoms with Crippen LogP contribution in [0.2, 0.25) is 0 Å². The Hall–Kier alpha value is -1.11. The topological polar surface area (TPSA) is 73.6 Å². The Labute approximate surface area is 96.4 Å². The minimum Gasteiger partial charge on any atom is -0.363 e. The van der Waals surface area contributed by atoms with Gasteiger partial charge in [-0.25, -0.2) is 0 Å². The van der Waals surface area contributed by atoms with Crippen molar-refractivity contribution >= 4 is 6.41 Å². The second-order valence-electron chi connectivity index (χ2n) is 3.86. The van der Waals surface area contributed by atoms with Crippen molar-refractivity contribution in [2.45, 2.75) is 25.2 Å². The third-order valence-corrected chi connectivity index (χ3v) is 2.85. The first-order chi connectivity index (χ1) is 7.70. The van der Waals surface area contributed by atoms with Crippen LogP contribution in [0.25, 0.3) is 0 Å². The van der Waals surface area contributed by atoms with E-state index in [9.17, 15) is 4.79 Å². The first-order valence-electron chi connectivity index (χ1n) is 5.50. The van der Waals surface area contributed by atoms with Crippen LogP contribution in [0.15, 0.2) is 12.8 Å². The van der Waals surface area contributed by atoms with Gasteiger partial charge in [0.2, 0.25) is 6.41 Å². The zero-order chi connectivity index (χ0) is 12.0. The molecular weight excluding hydrogens is 206 g/mol. The highest BCUT2D eigenvalue weighted by Gasteiger charge is 2.25. The number of nitrogens with one attached hydrogen (secondary N) is 2. The molecule has 1 amide bonds. The molecule has 0 aliphatic carbocycles. The van der Waals surface area contributed by atoms with Crippen LogP contribution in [-0.2, 0) is 4.79 Å². The SMILES string of the molecule is C=CNC(N)N(C)N(C=O)C1CCNCC1. The molecule has 1 fully saturated rings. The fraction of sp³-hybridized carbons (Fsp3) is 0.700. The molecule has 1 saturated heterocycles. The molecule has 1 aliphatic heterocycles. The van der Waals surface area contributed by atoms with E-state index in [0.717, 1.165) is 32.3 Å². The molecule has 6 nitrogen and oxygen atoms in total. The number of nitrogens with two attached hydrogens (primary N) is 1. The lowest BCUT2D eigenvalue weighted by molar-refractivity contribution is -0.145. The predicted octanol–water partition coefficient (Wildman–Crippen LogP) is -0.981. The maximum atomic E-state index is 11.1. The summed E-state index contributed by atoms with van der Waals surface area (Å²) in [6.07, 6.45) is 3.82. The monoisotopic (exact) mass is 227 g/mol. The largest absolute Gasteiger partial charge is 0.363 e. The van der Waals surface area contributed by atoms with E-state index in [0.29, 0.717) is 0 Å². The first-order valence-corrected chi connectivity index (χ1v) is 5.50. The number of hydrogen-bond donors (Lipinski definition) is 3. The van der Waals surface area contributed by atoms with Gasteiger partial charge in [-0.05, 0) is 32.1 Å². The molecule has 4 N–H and O–H groups in total. The Morgan fingerprint density at radius 3 is 2.69 bits per heavy atom. The Morgan fingerprint density at radius 2 is 2.19 bits per heavy atom. The van der Waals surface area contributed by atoms with Gasteiger partial charge in [0.15, 0.2) is 0 Å². The zero-order valence-electron chi connectivity index (χ0n) is 9.72. The molecule has 0 saturated carbocycles.